The number of benzene rings is 1. The highest BCUT2D eigenvalue weighted by atomic mass is 19.4. The third kappa shape index (κ3) is 4.24. The molecule has 5 nitrogen and oxygen atoms in total. The van der Waals surface area contributed by atoms with Gasteiger partial charge in [0, 0.05) is 17.7 Å². The number of aliphatic hydroxyl groups excluding tert-OH is 1. The first-order valence-corrected chi connectivity index (χ1v) is 9.89. The summed E-state index contributed by atoms with van der Waals surface area (Å²) in [6.07, 6.45) is -4.32. The Morgan fingerprint density at radius 3 is 2.43 bits per heavy atom. The van der Waals surface area contributed by atoms with Crippen LogP contribution in [0.3, 0.4) is 0 Å². The van der Waals surface area contributed by atoms with Crippen LogP contribution in [-0.4, -0.2) is 27.7 Å². The molecule has 0 bridgehead atoms. The van der Waals surface area contributed by atoms with Gasteiger partial charge >= 0.3 is 12.1 Å². The molecule has 0 amide bonds. The van der Waals surface area contributed by atoms with E-state index in [1.54, 1.807) is 11.5 Å². The van der Waals surface area contributed by atoms with E-state index < -0.39 is 29.2 Å². The number of rotatable bonds is 5. The summed E-state index contributed by atoms with van der Waals surface area (Å²) < 4.78 is 48.6. The number of hydrogen-bond donors (Lipinski definition) is 1. The van der Waals surface area contributed by atoms with Crippen LogP contribution < -0.4 is 0 Å². The van der Waals surface area contributed by atoms with Crippen LogP contribution in [0.1, 0.15) is 78.4 Å². The normalized spacial score (nSPS) is 15.9. The van der Waals surface area contributed by atoms with Gasteiger partial charge in [-0.05, 0) is 36.8 Å². The molecule has 1 unspecified atom stereocenters. The number of imidazole rings is 1. The van der Waals surface area contributed by atoms with Gasteiger partial charge in [0.05, 0.1) is 18.8 Å². The molecule has 1 fully saturated rings. The maximum atomic E-state index is 14.1. The van der Waals surface area contributed by atoms with Crippen molar-refractivity contribution in [2.45, 2.75) is 64.8 Å². The number of carbonyl (C=O) groups excluding carboxylic acids is 1. The lowest BCUT2D eigenvalue weighted by Crippen LogP contribution is -2.22. The maximum Gasteiger partial charge on any atom is 0.417 e. The summed E-state index contributed by atoms with van der Waals surface area (Å²) in [4.78, 5) is 16.5. The summed E-state index contributed by atoms with van der Waals surface area (Å²) >= 11 is 0. The molecule has 0 spiro atoms. The van der Waals surface area contributed by atoms with Crippen molar-refractivity contribution in [1.82, 2.24) is 9.55 Å². The Kier molecular flexibility index (Phi) is 5.75. The highest BCUT2D eigenvalue weighted by Crippen LogP contribution is 2.46. The third-order valence-corrected chi connectivity index (χ3v) is 5.45. The fourth-order valence-corrected chi connectivity index (χ4v) is 3.77. The van der Waals surface area contributed by atoms with Gasteiger partial charge in [-0.15, -0.1) is 0 Å². The molecule has 1 aromatic carbocycles. The van der Waals surface area contributed by atoms with Gasteiger partial charge in [-0.2, -0.15) is 13.2 Å². The topological polar surface area (TPSA) is 64.3 Å². The lowest BCUT2D eigenvalue weighted by molar-refractivity contribution is -0.140. The molecule has 8 heteroatoms. The van der Waals surface area contributed by atoms with Crippen LogP contribution in [0, 0.1) is 12.8 Å². The van der Waals surface area contributed by atoms with Gasteiger partial charge in [-0.3, -0.25) is 0 Å². The summed E-state index contributed by atoms with van der Waals surface area (Å²) in [5.41, 5.74) is -0.858. The molecule has 1 heterocycles. The van der Waals surface area contributed by atoms with Crippen molar-refractivity contribution in [2.24, 2.45) is 5.92 Å². The fraction of sp³-hybridized carbons (Fsp3) is 0.545. The van der Waals surface area contributed by atoms with Crippen LogP contribution in [0.5, 0.6) is 0 Å². The minimum absolute atomic E-state index is 0.0297. The van der Waals surface area contributed by atoms with Crippen molar-refractivity contribution in [3.63, 3.8) is 0 Å². The second kappa shape index (κ2) is 7.72. The first-order valence-electron chi connectivity index (χ1n) is 9.89. The number of methoxy groups -OCH3 is 1. The largest absolute Gasteiger partial charge is 0.464 e. The van der Waals surface area contributed by atoms with E-state index in [4.69, 9.17) is 4.74 Å². The molecule has 1 aliphatic rings. The summed E-state index contributed by atoms with van der Waals surface area (Å²) in [5.74, 6) is -0.278. The van der Waals surface area contributed by atoms with Crippen molar-refractivity contribution in [2.75, 3.05) is 7.11 Å². The molecule has 0 radical (unpaired) electrons. The van der Waals surface area contributed by atoms with Crippen LogP contribution in [0.25, 0.3) is 0 Å². The number of hydrogen-bond acceptors (Lipinski definition) is 4. The molecular weight excluding hydrogens is 397 g/mol. The second-order valence-corrected chi connectivity index (χ2v) is 8.86. The lowest BCUT2D eigenvalue weighted by atomic mass is 9.93. The first-order chi connectivity index (χ1) is 13.9. The van der Waals surface area contributed by atoms with Crippen LogP contribution in [0.15, 0.2) is 18.2 Å². The van der Waals surface area contributed by atoms with E-state index in [1.807, 2.05) is 20.8 Å². The van der Waals surface area contributed by atoms with Crippen molar-refractivity contribution >= 4 is 5.97 Å². The Bertz CT molecular complexity index is 954. The van der Waals surface area contributed by atoms with E-state index in [1.165, 1.54) is 25.3 Å². The molecule has 1 saturated carbocycles. The SMILES string of the molecule is COC(=O)c1nc(C(C)(C)C)n(Cc2cccc(C(O)C3CC3)c2C(F)(F)F)c1C. The number of esters is 1. The van der Waals surface area contributed by atoms with Gasteiger partial charge in [0.2, 0.25) is 0 Å². The molecule has 0 aliphatic heterocycles. The molecule has 30 heavy (non-hydrogen) atoms. The molecule has 2 aromatic rings. The predicted octanol–water partition coefficient (Wildman–Crippen LogP) is 4.79. The zero-order chi connectivity index (χ0) is 22.4. The van der Waals surface area contributed by atoms with Gasteiger partial charge in [-0.1, -0.05) is 39.0 Å². The minimum Gasteiger partial charge on any atom is -0.464 e. The summed E-state index contributed by atoms with van der Waals surface area (Å²) in [7, 11) is 1.24. The Balaban J connectivity index is 2.16. The standard InChI is InChI=1S/C22H27F3N2O3/c1-12-17(19(29)30-5)26-20(21(2,3)4)27(12)11-14-7-6-8-15(16(14)22(23,24)25)18(28)13-9-10-13/h6-8,13,18,28H,9-11H2,1-5H3. The Hall–Kier alpha value is -2.35. The molecule has 3 rings (SSSR count). The van der Waals surface area contributed by atoms with E-state index in [2.05, 4.69) is 4.98 Å². The van der Waals surface area contributed by atoms with Gasteiger partial charge in [-0.25, -0.2) is 9.78 Å². The van der Waals surface area contributed by atoms with Crippen LogP contribution in [0.2, 0.25) is 0 Å². The lowest BCUT2D eigenvalue weighted by Gasteiger charge is -2.24. The van der Waals surface area contributed by atoms with Crippen LogP contribution in [0.4, 0.5) is 13.2 Å². The average Bonchev–Trinajstić information content (AvgIpc) is 3.44. The summed E-state index contributed by atoms with van der Waals surface area (Å²) in [6, 6.07) is 4.30. The number of aliphatic hydroxyl groups is 1. The number of nitrogens with zero attached hydrogens (tertiary/aromatic N) is 2. The molecule has 0 saturated heterocycles. The molecule has 1 N–H and O–H groups in total. The highest BCUT2D eigenvalue weighted by molar-refractivity contribution is 5.88. The number of carbonyl (C=O) groups is 1. The molecule has 1 aromatic heterocycles. The van der Waals surface area contributed by atoms with Crippen molar-refractivity contribution < 1.29 is 27.8 Å². The van der Waals surface area contributed by atoms with Crippen LogP contribution in [-0.2, 0) is 22.9 Å². The summed E-state index contributed by atoms with van der Waals surface area (Å²) in [6.45, 7) is 7.16. The number of ether oxygens (including phenoxy) is 1. The number of halogens is 3. The van der Waals surface area contributed by atoms with E-state index in [-0.39, 0.29) is 29.3 Å². The Morgan fingerprint density at radius 1 is 1.30 bits per heavy atom. The monoisotopic (exact) mass is 424 g/mol. The van der Waals surface area contributed by atoms with Crippen molar-refractivity contribution in [1.29, 1.82) is 0 Å². The predicted molar refractivity (Wildman–Crippen MR) is 105 cm³/mol. The molecule has 1 atom stereocenters. The second-order valence-electron chi connectivity index (χ2n) is 8.86. The Morgan fingerprint density at radius 2 is 1.93 bits per heavy atom. The first kappa shape index (κ1) is 22.3. The molecule has 164 valence electrons. The van der Waals surface area contributed by atoms with E-state index >= 15 is 0 Å². The van der Waals surface area contributed by atoms with Crippen molar-refractivity contribution in [3.8, 4) is 0 Å². The fourth-order valence-electron chi connectivity index (χ4n) is 3.77. The smallest absolute Gasteiger partial charge is 0.417 e. The van der Waals surface area contributed by atoms with Gasteiger partial charge < -0.3 is 14.4 Å². The molecular formula is C22H27F3N2O3. The zero-order valence-electron chi connectivity index (χ0n) is 17.8. The quantitative estimate of drug-likeness (QED) is 0.702. The van der Waals surface area contributed by atoms with Crippen LogP contribution >= 0.6 is 0 Å². The molecule has 1 aliphatic carbocycles. The van der Waals surface area contributed by atoms with Gasteiger partial charge in [0.25, 0.3) is 0 Å². The summed E-state index contributed by atoms with van der Waals surface area (Å²) in [5, 5.41) is 10.5. The van der Waals surface area contributed by atoms with E-state index in [0.717, 1.165) is 12.8 Å². The number of aromatic nitrogens is 2. The Labute approximate surface area is 173 Å². The number of alkyl halides is 3. The van der Waals surface area contributed by atoms with Gasteiger partial charge in [0.15, 0.2) is 5.69 Å². The van der Waals surface area contributed by atoms with Gasteiger partial charge in [0.1, 0.15) is 5.82 Å². The van der Waals surface area contributed by atoms with Crippen molar-refractivity contribution in [3.05, 3.63) is 52.1 Å². The van der Waals surface area contributed by atoms with E-state index in [0.29, 0.717) is 11.5 Å². The highest BCUT2D eigenvalue weighted by Gasteiger charge is 2.41. The average molecular weight is 424 g/mol. The third-order valence-electron chi connectivity index (χ3n) is 5.45. The minimum atomic E-state index is -4.62. The van der Waals surface area contributed by atoms with E-state index in [9.17, 15) is 23.1 Å². The zero-order valence-corrected chi connectivity index (χ0v) is 17.8. The maximum absolute atomic E-state index is 14.1.